The van der Waals surface area contributed by atoms with Gasteiger partial charge in [-0.05, 0) is 42.8 Å². The van der Waals surface area contributed by atoms with Crippen LogP contribution in [0.3, 0.4) is 0 Å². The number of hydrogen-bond donors (Lipinski definition) is 1. The lowest BCUT2D eigenvalue weighted by atomic mass is 10.2. The number of nitrogens with zero attached hydrogens (tertiary/aromatic N) is 4. The number of benzene rings is 2. The number of carbonyl (C=O) groups is 1. The zero-order valence-electron chi connectivity index (χ0n) is 14.3. The van der Waals surface area contributed by atoms with Crippen LogP contribution in [0.2, 0.25) is 5.02 Å². The molecular formula is C19H14ClN5OS. The van der Waals surface area contributed by atoms with Crippen LogP contribution in [0.1, 0.15) is 11.4 Å². The molecule has 0 aliphatic carbocycles. The number of hydrogen-bond acceptors (Lipinski definition) is 5. The SMILES string of the molecule is Cc1nnc2sc(-c3ccccc3NC(=O)/C=C/c3ccc(Cl)cc3)nn12. The topological polar surface area (TPSA) is 72.2 Å². The Labute approximate surface area is 164 Å². The van der Waals surface area contributed by atoms with Crippen LogP contribution < -0.4 is 5.32 Å². The third kappa shape index (κ3) is 3.74. The molecule has 2 aromatic heterocycles. The maximum Gasteiger partial charge on any atom is 0.248 e. The summed E-state index contributed by atoms with van der Waals surface area (Å²) in [6.45, 7) is 1.85. The van der Waals surface area contributed by atoms with Crippen molar-refractivity contribution < 1.29 is 4.79 Å². The van der Waals surface area contributed by atoms with Gasteiger partial charge in [0.05, 0.1) is 5.69 Å². The average molecular weight is 396 g/mol. The van der Waals surface area contributed by atoms with Gasteiger partial charge in [-0.2, -0.15) is 9.61 Å². The van der Waals surface area contributed by atoms with Crippen LogP contribution in [-0.2, 0) is 4.79 Å². The van der Waals surface area contributed by atoms with Crippen LogP contribution >= 0.6 is 22.9 Å². The Morgan fingerprint density at radius 3 is 2.70 bits per heavy atom. The highest BCUT2D eigenvalue weighted by atomic mass is 35.5. The standard InChI is InChI=1S/C19H14ClN5OS/c1-12-22-23-19-25(12)24-18(27-19)15-4-2-3-5-16(15)21-17(26)11-8-13-6-9-14(20)10-7-13/h2-11H,1H3,(H,21,26)/b11-8+. The summed E-state index contributed by atoms with van der Waals surface area (Å²) in [7, 11) is 0. The molecule has 0 aliphatic heterocycles. The second kappa shape index (κ2) is 7.30. The third-order valence-electron chi connectivity index (χ3n) is 3.86. The summed E-state index contributed by atoms with van der Waals surface area (Å²) in [6, 6.07) is 14.8. The molecule has 0 saturated heterocycles. The molecule has 0 atom stereocenters. The van der Waals surface area contributed by atoms with Crippen molar-refractivity contribution in [2.24, 2.45) is 0 Å². The molecule has 2 aromatic carbocycles. The van der Waals surface area contributed by atoms with Crippen LogP contribution in [-0.4, -0.2) is 25.7 Å². The number of halogens is 1. The second-order valence-electron chi connectivity index (χ2n) is 5.77. The predicted molar refractivity (Wildman–Crippen MR) is 108 cm³/mol. The van der Waals surface area contributed by atoms with Gasteiger partial charge in [-0.3, -0.25) is 4.79 Å². The summed E-state index contributed by atoms with van der Waals surface area (Å²) >= 11 is 7.29. The highest BCUT2D eigenvalue weighted by Crippen LogP contribution is 2.31. The Bertz CT molecular complexity index is 1150. The Morgan fingerprint density at radius 1 is 1.15 bits per heavy atom. The van der Waals surface area contributed by atoms with E-state index in [4.69, 9.17) is 11.6 Å². The minimum absolute atomic E-state index is 0.225. The number of nitrogens with one attached hydrogen (secondary N) is 1. The molecule has 0 radical (unpaired) electrons. The molecule has 4 rings (SSSR count). The second-order valence-corrected chi connectivity index (χ2v) is 7.16. The molecule has 6 nitrogen and oxygen atoms in total. The van der Waals surface area contributed by atoms with Gasteiger partial charge in [0.2, 0.25) is 10.9 Å². The number of amides is 1. The van der Waals surface area contributed by atoms with E-state index in [2.05, 4.69) is 20.6 Å². The van der Waals surface area contributed by atoms with Gasteiger partial charge in [0.25, 0.3) is 0 Å². The fraction of sp³-hybridized carbons (Fsp3) is 0.0526. The van der Waals surface area contributed by atoms with Gasteiger partial charge >= 0.3 is 0 Å². The lowest BCUT2D eigenvalue weighted by Gasteiger charge is -2.07. The number of carbonyl (C=O) groups excluding carboxylic acids is 1. The minimum atomic E-state index is -0.225. The molecule has 1 N–H and O–H groups in total. The van der Waals surface area contributed by atoms with Gasteiger partial charge in [0, 0.05) is 16.7 Å². The number of aromatic nitrogens is 4. The van der Waals surface area contributed by atoms with Gasteiger partial charge in [-0.25, -0.2) is 0 Å². The molecule has 0 spiro atoms. The zero-order valence-corrected chi connectivity index (χ0v) is 15.8. The largest absolute Gasteiger partial charge is 0.322 e. The van der Waals surface area contributed by atoms with Crippen molar-refractivity contribution in [1.29, 1.82) is 0 Å². The lowest BCUT2D eigenvalue weighted by Crippen LogP contribution is -2.08. The molecule has 0 unspecified atom stereocenters. The van der Waals surface area contributed by atoms with E-state index in [-0.39, 0.29) is 5.91 Å². The van der Waals surface area contributed by atoms with E-state index in [9.17, 15) is 4.79 Å². The first kappa shape index (κ1) is 17.4. The van der Waals surface area contributed by atoms with Crippen molar-refractivity contribution in [3.05, 3.63) is 71.0 Å². The number of rotatable bonds is 4. The fourth-order valence-corrected chi connectivity index (χ4v) is 3.57. The highest BCUT2D eigenvalue weighted by molar-refractivity contribution is 7.19. The zero-order chi connectivity index (χ0) is 18.8. The van der Waals surface area contributed by atoms with Crippen LogP contribution in [0.15, 0.2) is 54.6 Å². The highest BCUT2D eigenvalue weighted by Gasteiger charge is 2.14. The van der Waals surface area contributed by atoms with Gasteiger partial charge in [0.15, 0.2) is 5.82 Å². The van der Waals surface area contributed by atoms with Gasteiger partial charge in [-0.15, -0.1) is 10.2 Å². The molecular weight excluding hydrogens is 382 g/mol. The van der Waals surface area contributed by atoms with E-state index >= 15 is 0 Å². The number of fused-ring (bicyclic) bond motifs is 1. The van der Waals surface area contributed by atoms with Crippen LogP contribution in [0.4, 0.5) is 5.69 Å². The fourth-order valence-electron chi connectivity index (χ4n) is 2.52. The van der Waals surface area contributed by atoms with E-state index in [1.54, 1.807) is 22.7 Å². The summed E-state index contributed by atoms with van der Waals surface area (Å²) in [5, 5.41) is 17.0. The molecule has 27 heavy (non-hydrogen) atoms. The van der Waals surface area contributed by atoms with Gasteiger partial charge in [-0.1, -0.05) is 47.2 Å². The normalized spacial score (nSPS) is 11.3. The van der Waals surface area contributed by atoms with Crippen molar-refractivity contribution in [2.45, 2.75) is 6.92 Å². The number of para-hydroxylation sites is 1. The predicted octanol–water partition coefficient (Wildman–Crippen LogP) is 4.47. The van der Waals surface area contributed by atoms with E-state index < -0.39 is 0 Å². The van der Waals surface area contributed by atoms with E-state index in [0.717, 1.165) is 22.0 Å². The summed E-state index contributed by atoms with van der Waals surface area (Å²) in [5.41, 5.74) is 2.42. The summed E-state index contributed by atoms with van der Waals surface area (Å²) in [4.78, 5) is 13.1. The van der Waals surface area contributed by atoms with Crippen molar-refractivity contribution in [3.8, 4) is 10.6 Å². The Morgan fingerprint density at radius 2 is 1.93 bits per heavy atom. The Kier molecular flexibility index (Phi) is 4.70. The molecule has 0 bridgehead atoms. The Balaban J connectivity index is 1.57. The van der Waals surface area contributed by atoms with Crippen molar-refractivity contribution >= 4 is 45.6 Å². The molecule has 4 aromatic rings. The maximum absolute atomic E-state index is 12.3. The van der Waals surface area contributed by atoms with Crippen LogP contribution in [0.25, 0.3) is 21.6 Å². The first-order chi connectivity index (χ1) is 13.1. The first-order valence-electron chi connectivity index (χ1n) is 8.13. The smallest absolute Gasteiger partial charge is 0.248 e. The first-order valence-corrected chi connectivity index (χ1v) is 9.32. The molecule has 8 heteroatoms. The van der Waals surface area contributed by atoms with Gasteiger partial charge < -0.3 is 5.32 Å². The van der Waals surface area contributed by atoms with E-state index in [1.165, 1.54) is 17.4 Å². The number of anilines is 1. The third-order valence-corrected chi connectivity index (χ3v) is 5.04. The summed E-state index contributed by atoms with van der Waals surface area (Å²) in [5.74, 6) is 0.497. The molecule has 134 valence electrons. The maximum atomic E-state index is 12.3. The van der Waals surface area contributed by atoms with Gasteiger partial charge in [0.1, 0.15) is 5.01 Å². The molecule has 1 amide bonds. The number of aryl methyl sites for hydroxylation is 1. The molecule has 0 fully saturated rings. The van der Waals surface area contributed by atoms with Crippen molar-refractivity contribution in [3.63, 3.8) is 0 Å². The van der Waals surface area contributed by atoms with E-state index in [1.807, 2.05) is 43.3 Å². The lowest BCUT2D eigenvalue weighted by molar-refractivity contribution is -0.111. The molecule has 0 saturated carbocycles. The minimum Gasteiger partial charge on any atom is -0.322 e. The Hall–Kier alpha value is -3.03. The average Bonchev–Trinajstić information content (AvgIpc) is 3.24. The monoisotopic (exact) mass is 395 g/mol. The molecule has 0 aliphatic rings. The quantitative estimate of drug-likeness (QED) is 0.517. The van der Waals surface area contributed by atoms with Crippen molar-refractivity contribution in [1.82, 2.24) is 19.8 Å². The van der Waals surface area contributed by atoms with E-state index in [0.29, 0.717) is 15.7 Å². The summed E-state index contributed by atoms with van der Waals surface area (Å²) in [6.07, 6.45) is 3.23. The summed E-state index contributed by atoms with van der Waals surface area (Å²) < 4.78 is 1.69. The van der Waals surface area contributed by atoms with Crippen LogP contribution in [0.5, 0.6) is 0 Å². The molecule has 2 heterocycles. The van der Waals surface area contributed by atoms with Crippen LogP contribution in [0, 0.1) is 6.92 Å². The van der Waals surface area contributed by atoms with Crippen molar-refractivity contribution in [2.75, 3.05) is 5.32 Å².